The Morgan fingerprint density at radius 1 is 1.21 bits per heavy atom. The molecule has 0 saturated carbocycles. The van der Waals surface area contributed by atoms with E-state index in [1.807, 2.05) is 13.8 Å². The fraction of sp³-hybridized carbons (Fsp3) is 0.550. The highest BCUT2D eigenvalue weighted by atomic mass is 16.4. The third-order valence-corrected chi connectivity index (χ3v) is 4.01. The lowest BCUT2D eigenvalue weighted by molar-refractivity contribution is 0.0925. The lowest BCUT2D eigenvalue weighted by Gasteiger charge is -2.13. The minimum atomic E-state index is -0.193. The average Bonchev–Trinajstić information content (AvgIpc) is 3.27. The van der Waals surface area contributed by atoms with Crippen LogP contribution in [0.15, 0.2) is 32.4 Å². The highest BCUT2D eigenvalue weighted by molar-refractivity contribution is 5.92. The Labute approximate surface area is 166 Å². The average molecular weight is 390 g/mol. The topological polar surface area (TPSA) is 105 Å². The Morgan fingerprint density at radius 2 is 1.96 bits per heavy atom. The van der Waals surface area contributed by atoms with Gasteiger partial charge in [0, 0.05) is 30.6 Å². The highest BCUT2D eigenvalue weighted by Crippen LogP contribution is 2.22. The van der Waals surface area contributed by atoms with E-state index in [2.05, 4.69) is 46.7 Å². The van der Waals surface area contributed by atoms with E-state index in [-0.39, 0.29) is 11.3 Å². The zero-order valence-corrected chi connectivity index (χ0v) is 17.4. The normalized spacial score (nSPS) is 12.1. The van der Waals surface area contributed by atoms with Crippen molar-refractivity contribution in [2.24, 2.45) is 4.99 Å². The number of carbonyl (C=O) groups is 1. The third kappa shape index (κ3) is 6.44. The molecule has 2 aromatic rings. The summed E-state index contributed by atoms with van der Waals surface area (Å²) >= 11 is 0. The second kappa shape index (κ2) is 9.96. The number of guanidine groups is 1. The molecule has 0 spiro atoms. The summed E-state index contributed by atoms with van der Waals surface area (Å²) in [4.78, 5) is 20.8. The van der Waals surface area contributed by atoms with E-state index >= 15 is 0 Å². The molecule has 0 bridgehead atoms. The van der Waals surface area contributed by atoms with Crippen molar-refractivity contribution in [1.82, 2.24) is 20.9 Å². The zero-order valence-electron chi connectivity index (χ0n) is 17.4. The van der Waals surface area contributed by atoms with E-state index in [4.69, 9.17) is 8.83 Å². The molecule has 0 aliphatic rings. The SMILES string of the molecule is CCNC(=NCc1ncc(C(C)(C)C)o1)NCCCNC(=O)c1occc1C. The molecule has 1 amide bonds. The van der Waals surface area contributed by atoms with Crippen molar-refractivity contribution in [3.05, 3.63) is 41.5 Å². The van der Waals surface area contributed by atoms with Crippen molar-refractivity contribution >= 4 is 11.9 Å². The molecule has 0 unspecified atom stereocenters. The Balaban J connectivity index is 1.76. The minimum absolute atomic E-state index is 0.0731. The van der Waals surface area contributed by atoms with Crippen molar-refractivity contribution < 1.29 is 13.6 Å². The van der Waals surface area contributed by atoms with Crippen LogP contribution in [0.2, 0.25) is 0 Å². The molecular formula is C20H31N5O3. The van der Waals surface area contributed by atoms with E-state index in [0.29, 0.717) is 37.2 Å². The van der Waals surface area contributed by atoms with Crippen LogP contribution in [0.5, 0.6) is 0 Å². The van der Waals surface area contributed by atoms with Crippen molar-refractivity contribution in [1.29, 1.82) is 0 Å². The molecule has 0 atom stereocenters. The molecule has 0 radical (unpaired) electrons. The van der Waals surface area contributed by atoms with Crippen molar-refractivity contribution in [2.45, 2.75) is 53.0 Å². The second-order valence-corrected chi connectivity index (χ2v) is 7.53. The molecule has 2 rings (SSSR count). The smallest absolute Gasteiger partial charge is 0.287 e. The summed E-state index contributed by atoms with van der Waals surface area (Å²) in [5.41, 5.74) is 0.759. The highest BCUT2D eigenvalue weighted by Gasteiger charge is 2.19. The van der Waals surface area contributed by atoms with E-state index in [0.717, 1.165) is 24.3 Å². The number of rotatable bonds is 8. The van der Waals surface area contributed by atoms with Crippen LogP contribution in [0.3, 0.4) is 0 Å². The zero-order chi connectivity index (χ0) is 20.6. The van der Waals surface area contributed by atoms with Crippen molar-refractivity contribution in [3.63, 3.8) is 0 Å². The van der Waals surface area contributed by atoms with Gasteiger partial charge in [-0.05, 0) is 26.3 Å². The predicted octanol–water partition coefficient (Wildman–Crippen LogP) is 2.75. The molecule has 3 N–H and O–H groups in total. The maximum absolute atomic E-state index is 12.0. The summed E-state index contributed by atoms with van der Waals surface area (Å²) in [6, 6.07) is 1.77. The van der Waals surface area contributed by atoms with E-state index < -0.39 is 0 Å². The number of aliphatic imine (C=N–C) groups is 1. The van der Waals surface area contributed by atoms with Gasteiger partial charge in [0.25, 0.3) is 5.91 Å². The predicted molar refractivity (Wildman–Crippen MR) is 108 cm³/mol. The molecule has 0 fully saturated rings. The lowest BCUT2D eigenvalue weighted by atomic mass is 9.94. The summed E-state index contributed by atoms with van der Waals surface area (Å²) in [5.74, 6) is 2.29. The Hall–Kier alpha value is -2.77. The van der Waals surface area contributed by atoms with E-state index in [9.17, 15) is 4.79 Å². The largest absolute Gasteiger partial charge is 0.459 e. The molecule has 8 nitrogen and oxygen atoms in total. The monoisotopic (exact) mass is 389 g/mol. The molecule has 0 aromatic carbocycles. The van der Waals surface area contributed by atoms with Crippen LogP contribution in [0.25, 0.3) is 0 Å². The summed E-state index contributed by atoms with van der Waals surface area (Å²) < 4.78 is 10.9. The van der Waals surface area contributed by atoms with Gasteiger partial charge in [-0.2, -0.15) is 0 Å². The molecule has 2 aromatic heterocycles. The molecule has 0 aliphatic heterocycles. The quantitative estimate of drug-likeness (QED) is 0.364. The summed E-state index contributed by atoms with van der Waals surface area (Å²) in [7, 11) is 0. The number of furan rings is 1. The lowest BCUT2D eigenvalue weighted by Crippen LogP contribution is -2.38. The van der Waals surface area contributed by atoms with Gasteiger partial charge in [-0.3, -0.25) is 4.79 Å². The first-order chi connectivity index (χ1) is 13.3. The Morgan fingerprint density at radius 3 is 2.57 bits per heavy atom. The van der Waals surface area contributed by atoms with Gasteiger partial charge in [0.15, 0.2) is 11.7 Å². The number of carbonyl (C=O) groups excluding carboxylic acids is 1. The molecule has 8 heteroatoms. The molecule has 28 heavy (non-hydrogen) atoms. The number of hydrogen-bond acceptors (Lipinski definition) is 5. The third-order valence-electron chi connectivity index (χ3n) is 4.01. The van der Waals surface area contributed by atoms with Crippen LogP contribution in [0, 0.1) is 6.92 Å². The van der Waals surface area contributed by atoms with Crippen LogP contribution in [-0.4, -0.2) is 36.5 Å². The minimum Gasteiger partial charge on any atom is -0.459 e. The van der Waals surface area contributed by atoms with Crippen LogP contribution in [0.1, 0.15) is 61.9 Å². The number of hydrogen-bond donors (Lipinski definition) is 3. The molecular weight excluding hydrogens is 358 g/mol. The Kier molecular flexibility index (Phi) is 7.66. The molecule has 0 aliphatic carbocycles. The first-order valence-electron chi connectivity index (χ1n) is 9.61. The molecule has 0 saturated heterocycles. The fourth-order valence-corrected chi connectivity index (χ4v) is 2.40. The fourth-order valence-electron chi connectivity index (χ4n) is 2.40. The number of aromatic nitrogens is 1. The van der Waals surface area contributed by atoms with Gasteiger partial charge in [0.2, 0.25) is 5.89 Å². The number of oxazole rings is 1. The maximum Gasteiger partial charge on any atom is 0.287 e. The van der Waals surface area contributed by atoms with Gasteiger partial charge in [-0.15, -0.1) is 0 Å². The maximum atomic E-state index is 12.0. The van der Waals surface area contributed by atoms with Gasteiger partial charge in [-0.25, -0.2) is 9.98 Å². The number of nitrogens with zero attached hydrogens (tertiary/aromatic N) is 2. The van der Waals surface area contributed by atoms with Gasteiger partial charge in [0.1, 0.15) is 12.3 Å². The van der Waals surface area contributed by atoms with Gasteiger partial charge < -0.3 is 24.8 Å². The summed E-state index contributed by atoms with van der Waals surface area (Å²) in [6.07, 6.45) is 4.03. The van der Waals surface area contributed by atoms with Crippen LogP contribution in [-0.2, 0) is 12.0 Å². The van der Waals surface area contributed by atoms with Gasteiger partial charge >= 0.3 is 0 Å². The van der Waals surface area contributed by atoms with Crippen molar-refractivity contribution in [2.75, 3.05) is 19.6 Å². The van der Waals surface area contributed by atoms with E-state index in [1.54, 1.807) is 12.3 Å². The number of nitrogens with one attached hydrogen (secondary N) is 3. The molecule has 2 heterocycles. The van der Waals surface area contributed by atoms with Crippen LogP contribution < -0.4 is 16.0 Å². The second-order valence-electron chi connectivity index (χ2n) is 7.53. The van der Waals surface area contributed by atoms with Crippen molar-refractivity contribution in [3.8, 4) is 0 Å². The first-order valence-corrected chi connectivity index (χ1v) is 9.61. The van der Waals surface area contributed by atoms with E-state index in [1.165, 1.54) is 6.26 Å². The standard InChI is InChI=1S/C20H31N5O3/c1-6-21-19(25-13-16-24-12-15(28-16)20(3,4)5)23-10-7-9-22-18(26)17-14(2)8-11-27-17/h8,11-12H,6-7,9-10,13H2,1-5H3,(H,22,26)(H2,21,23,25). The first kappa shape index (κ1) is 21.5. The number of aryl methyl sites for hydroxylation is 1. The number of amides is 1. The van der Waals surface area contributed by atoms with Gasteiger partial charge in [-0.1, -0.05) is 20.8 Å². The Bertz CT molecular complexity index is 786. The van der Waals surface area contributed by atoms with Crippen LogP contribution >= 0.6 is 0 Å². The summed E-state index contributed by atoms with van der Waals surface area (Å²) in [5, 5.41) is 9.28. The summed E-state index contributed by atoms with van der Waals surface area (Å²) in [6.45, 7) is 12.4. The van der Waals surface area contributed by atoms with Gasteiger partial charge in [0.05, 0.1) is 12.5 Å². The molecule has 154 valence electrons. The van der Waals surface area contributed by atoms with Crippen LogP contribution in [0.4, 0.5) is 0 Å².